The minimum absolute atomic E-state index is 0.141. The van der Waals surface area contributed by atoms with Gasteiger partial charge in [-0.1, -0.05) is 19.9 Å². The highest BCUT2D eigenvalue weighted by Gasteiger charge is 2.38. The number of ether oxygens (including phenoxy) is 1. The first-order valence-corrected chi connectivity index (χ1v) is 7.93. The normalized spacial score (nSPS) is 24.9. The van der Waals surface area contributed by atoms with Crippen molar-refractivity contribution in [2.45, 2.75) is 32.7 Å². The van der Waals surface area contributed by atoms with Crippen molar-refractivity contribution < 1.29 is 9.13 Å². The Morgan fingerprint density at radius 2 is 2.29 bits per heavy atom. The van der Waals surface area contributed by atoms with Gasteiger partial charge in [0.05, 0.1) is 6.61 Å². The molecule has 0 amide bonds. The summed E-state index contributed by atoms with van der Waals surface area (Å²) in [4.78, 5) is 2.34. The molecule has 1 N–H and O–H groups in total. The van der Waals surface area contributed by atoms with Gasteiger partial charge < -0.3 is 15.0 Å². The number of benzene rings is 1. The molecular weight excluding hydrogens is 267 g/mol. The number of fused-ring (bicyclic) bond motifs is 1. The average molecular weight is 292 g/mol. The molecule has 1 aromatic carbocycles. The van der Waals surface area contributed by atoms with E-state index in [1.54, 1.807) is 12.1 Å². The summed E-state index contributed by atoms with van der Waals surface area (Å²) < 4.78 is 19.2. The molecule has 1 atom stereocenters. The molecule has 0 radical (unpaired) electrons. The Hall–Kier alpha value is -1.13. The minimum atomic E-state index is -0.141. The van der Waals surface area contributed by atoms with Crippen LogP contribution in [0.1, 0.15) is 25.8 Å². The predicted molar refractivity (Wildman–Crippen MR) is 83.3 cm³/mol. The second-order valence-corrected chi connectivity index (χ2v) is 6.78. The van der Waals surface area contributed by atoms with Gasteiger partial charge >= 0.3 is 0 Å². The van der Waals surface area contributed by atoms with Crippen molar-refractivity contribution in [1.29, 1.82) is 0 Å². The summed E-state index contributed by atoms with van der Waals surface area (Å²) in [5.74, 6) is -0.141. The Labute approximate surface area is 126 Å². The van der Waals surface area contributed by atoms with Crippen LogP contribution >= 0.6 is 0 Å². The first kappa shape index (κ1) is 14.8. The van der Waals surface area contributed by atoms with Gasteiger partial charge in [-0.05, 0) is 30.5 Å². The van der Waals surface area contributed by atoms with Crippen molar-refractivity contribution in [2.24, 2.45) is 5.41 Å². The number of halogens is 1. The van der Waals surface area contributed by atoms with Crippen LogP contribution in [-0.4, -0.2) is 38.9 Å². The lowest BCUT2D eigenvalue weighted by Gasteiger charge is -2.34. The van der Waals surface area contributed by atoms with E-state index in [0.29, 0.717) is 6.04 Å². The van der Waals surface area contributed by atoms with Crippen LogP contribution in [-0.2, 0) is 11.2 Å². The summed E-state index contributed by atoms with van der Waals surface area (Å²) >= 11 is 0. The van der Waals surface area contributed by atoms with Gasteiger partial charge in [-0.3, -0.25) is 0 Å². The van der Waals surface area contributed by atoms with Crippen molar-refractivity contribution >= 4 is 5.69 Å². The highest BCUT2D eigenvalue weighted by atomic mass is 19.1. The van der Waals surface area contributed by atoms with Crippen LogP contribution in [0.5, 0.6) is 0 Å². The summed E-state index contributed by atoms with van der Waals surface area (Å²) in [6.07, 6.45) is 2.10. The molecular formula is C17H25FN2O. The van der Waals surface area contributed by atoms with Crippen LogP contribution in [0.4, 0.5) is 10.1 Å². The van der Waals surface area contributed by atoms with E-state index in [1.807, 2.05) is 6.07 Å². The Kier molecular flexibility index (Phi) is 4.18. The van der Waals surface area contributed by atoms with E-state index in [2.05, 4.69) is 24.1 Å². The van der Waals surface area contributed by atoms with Crippen LogP contribution in [0, 0.1) is 11.2 Å². The molecule has 0 spiro atoms. The van der Waals surface area contributed by atoms with Crippen molar-refractivity contribution in [3.05, 3.63) is 29.6 Å². The number of hydrogen-bond donors (Lipinski definition) is 1. The highest BCUT2D eigenvalue weighted by Crippen LogP contribution is 2.35. The van der Waals surface area contributed by atoms with E-state index in [9.17, 15) is 4.39 Å². The van der Waals surface area contributed by atoms with Gasteiger partial charge in [-0.2, -0.15) is 0 Å². The summed E-state index contributed by atoms with van der Waals surface area (Å²) in [7, 11) is 0. The second-order valence-electron chi connectivity index (χ2n) is 6.78. The maximum absolute atomic E-state index is 13.5. The van der Waals surface area contributed by atoms with Gasteiger partial charge in [0, 0.05) is 43.4 Å². The summed E-state index contributed by atoms with van der Waals surface area (Å²) in [5.41, 5.74) is 2.49. The number of nitrogens with zero attached hydrogens (tertiary/aromatic N) is 1. The van der Waals surface area contributed by atoms with Gasteiger partial charge in [0.15, 0.2) is 0 Å². The molecule has 2 aliphatic rings. The summed E-state index contributed by atoms with van der Waals surface area (Å²) in [6, 6.07) is 5.65. The van der Waals surface area contributed by atoms with Gasteiger partial charge in [0.2, 0.25) is 0 Å². The largest absolute Gasteiger partial charge is 0.381 e. The lowest BCUT2D eigenvalue weighted by Crippen LogP contribution is -2.46. The second kappa shape index (κ2) is 5.93. The zero-order valence-electron chi connectivity index (χ0n) is 13.0. The van der Waals surface area contributed by atoms with Crippen molar-refractivity contribution in [3.8, 4) is 0 Å². The molecule has 4 heteroatoms. The molecule has 1 saturated heterocycles. The van der Waals surface area contributed by atoms with Crippen molar-refractivity contribution in [3.63, 3.8) is 0 Å². The Morgan fingerprint density at radius 1 is 1.43 bits per heavy atom. The Bertz CT molecular complexity index is 498. The van der Waals surface area contributed by atoms with E-state index in [4.69, 9.17) is 4.74 Å². The van der Waals surface area contributed by atoms with Crippen LogP contribution in [0.3, 0.4) is 0 Å². The van der Waals surface area contributed by atoms with Crippen LogP contribution in [0.25, 0.3) is 0 Å². The first-order valence-electron chi connectivity index (χ1n) is 7.93. The number of rotatable bonds is 5. The number of anilines is 1. The minimum Gasteiger partial charge on any atom is -0.381 e. The molecule has 21 heavy (non-hydrogen) atoms. The summed E-state index contributed by atoms with van der Waals surface area (Å²) in [5, 5.41) is 3.56. The number of hydrogen-bond acceptors (Lipinski definition) is 3. The summed E-state index contributed by atoms with van der Waals surface area (Å²) in [6.45, 7) is 8.88. The van der Waals surface area contributed by atoms with Gasteiger partial charge in [-0.15, -0.1) is 0 Å². The quantitative estimate of drug-likeness (QED) is 0.903. The fourth-order valence-corrected chi connectivity index (χ4v) is 3.38. The Balaban J connectivity index is 1.74. The molecule has 3 nitrogen and oxygen atoms in total. The molecule has 0 aliphatic carbocycles. The molecule has 1 unspecified atom stereocenters. The molecule has 1 aromatic rings. The lowest BCUT2D eigenvalue weighted by molar-refractivity contribution is 0.151. The molecule has 0 bridgehead atoms. The van der Waals surface area contributed by atoms with Crippen molar-refractivity contribution in [2.75, 3.05) is 37.7 Å². The molecule has 1 fully saturated rings. The lowest BCUT2D eigenvalue weighted by atomic mass is 9.86. The zero-order valence-corrected chi connectivity index (χ0v) is 13.0. The van der Waals surface area contributed by atoms with Crippen LogP contribution < -0.4 is 10.2 Å². The zero-order chi connectivity index (χ0) is 14.9. The highest BCUT2D eigenvalue weighted by molar-refractivity contribution is 5.58. The molecule has 2 heterocycles. The maximum atomic E-state index is 13.5. The van der Waals surface area contributed by atoms with Crippen molar-refractivity contribution in [1.82, 2.24) is 5.32 Å². The third-order valence-corrected chi connectivity index (χ3v) is 4.64. The molecule has 116 valence electrons. The van der Waals surface area contributed by atoms with E-state index >= 15 is 0 Å². The first-order chi connectivity index (χ1) is 10.1. The average Bonchev–Trinajstić information content (AvgIpc) is 3.06. The fraction of sp³-hybridized carbons (Fsp3) is 0.647. The smallest absolute Gasteiger partial charge is 0.125 e. The van der Waals surface area contributed by atoms with Gasteiger partial charge in [0.25, 0.3) is 0 Å². The predicted octanol–water partition coefficient (Wildman–Crippen LogP) is 2.59. The molecule has 3 rings (SSSR count). The molecule has 0 aromatic heterocycles. The van der Waals surface area contributed by atoms with E-state index in [-0.39, 0.29) is 11.2 Å². The Morgan fingerprint density at radius 3 is 3.00 bits per heavy atom. The number of nitrogens with one attached hydrogen (secondary N) is 1. The third-order valence-electron chi connectivity index (χ3n) is 4.64. The molecule has 0 saturated carbocycles. The SMILES string of the molecule is CC(C)NCC1(CN2CCc3ccc(F)cc32)CCOC1. The fourth-order valence-electron chi connectivity index (χ4n) is 3.38. The van der Waals surface area contributed by atoms with E-state index in [0.717, 1.165) is 51.4 Å². The van der Waals surface area contributed by atoms with E-state index in [1.165, 1.54) is 5.56 Å². The van der Waals surface area contributed by atoms with Gasteiger partial charge in [0.1, 0.15) is 5.82 Å². The van der Waals surface area contributed by atoms with Gasteiger partial charge in [-0.25, -0.2) is 4.39 Å². The topological polar surface area (TPSA) is 24.5 Å². The standard InChI is InChI=1S/C17H25FN2O/c1-13(2)19-10-17(6-8-21-12-17)11-20-7-5-14-3-4-15(18)9-16(14)20/h3-4,9,13,19H,5-8,10-12H2,1-2H3. The monoisotopic (exact) mass is 292 g/mol. The maximum Gasteiger partial charge on any atom is 0.125 e. The van der Waals surface area contributed by atoms with E-state index < -0.39 is 0 Å². The van der Waals surface area contributed by atoms with Crippen LogP contribution in [0.15, 0.2) is 18.2 Å². The molecule has 2 aliphatic heterocycles. The van der Waals surface area contributed by atoms with Crippen LogP contribution in [0.2, 0.25) is 0 Å². The third kappa shape index (κ3) is 3.22.